The van der Waals surface area contributed by atoms with Crippen LogP contribution in [0.4, 0.5) is 14.5 Å². The topological polar surface area (TPSA) is 58.9 Å². The second-order valence-corrected chi connectivity index (χ2v) is 2.50. The zero-order valence-electron chi connectivity index (χ0n) is 5.77. The molecule has 0 bridgehead atoms. The summed E-state index contributed by atoms with van der Waals surface area (Å²) in [5.74, 6) is 0. The van der Waals surface area contributed by atoms with Crippen molar-refractivity contribution in [1.29, 1.82) is 0 Å². The van der Waals surface area contributed by atoms with Crippen LogP contribution in [0.2, 0.25) is 5.15 Å². The van der Waals surface area contributed by atoms with Gasteiger partial charge in [-0.3, -0.25) is 4.79 Å². The maximum absolute atomic E-state index is 12.1. The van der Waals surface area contributed by atoms with Gasteiger partial charge in [0.2, 0.25) is 5.56 Å². The van der Waals surface area contributed by atoms with Crippen molar-refractivity contribution in [2.24, 2.45) is 0 Å². The average Bonchev–Trinajstić information content (AvgIpc) is 1.96. The van der Waals surface area contributed by atoms with E-state index in [1.165, 1.54) is 0 Å². The smallest absolute Gasteiger partial charge is 0.266 e. The Labute approximate surface area is 71.2 Å². The van der Waals surface area contributed by atoms with Gasteiger partial charge in [-0.15, -0.1) is 0 Å². The third-order valence-corrected chi connectivity index (χ3v) is 1.60. The van der Waals surface area contributed by atoms with Crippen molar-refractivity contribution in [3.63, 3.8) is 0 Å². The fourth-order valence-electron chi connectivity index (χ4n) is 0.738. The molecule has 0 radical (unpaired) electrons. The van der Waals surface area contributed by atoms with Crippen LogP contribution in [0.3, 0.4) is 0 Å². The second kappa shape index (κ2) is 3.10. The Morgan fingerprint density at radius 2 is 2.17 bits per heavy atom. The van der Waals surface area contributed by atoms with Gasteiger partial charge in [-0.2, -0.15) is 0 Å². The molecule has 1 aromatic heterocycles. The predicted molar refractivity (Wildman–Crippen MR) is 41.4 cm³/mol. The molecule has 0 saturated heterocycles. The average molecular weight is 195 g/mol. The number of rotatable bonds is 1. The highest BCUT2D eigenvalue weighted by Crippen LogP contribution is 2.26. The minimum absolute atomic E-state index is 0.252. The molecule has 1 aromatic rings. The van der Waals surface area contributed by atoms with Crippen molar-refractivity contribution in [3.8, 4) is 0 Å². The molecule has 0 spiro atoms. The molecule has 0 atom stereocenters. The number of halogens is 3. The molecule has 0 aliphatic heterocycles. The molecule has 3 nitrogen and oxygen atoms in total. The van der Waals surface area contributed by atoms with Gasteiger partial charge in [-0.1, -0.05) is 11.6 Å². The Morgan fingerprint density at radius 3 is 2.67 bits per heavy atom. The van der Waals surface area contributed by atoms with Crippen LogP contribution in [0.1, 0.15) is 12.0 Å². The van der Waals surface area contributed by atoms with Crippen molar-refractivity contribution in [2.75, 3.05) is 5.73 Å². The number of nitrogen functional groups attached to an aromatic ring is 1. The Morgan fingerprint density at radius 1 is 1.58 bits per heavy atom. The summed E-state index contributed by atoms with van der Waals surface area (Å²) in [6, 6.07) is 0.728. The molecule has 12 heavy (non-hydrogen) atoms. The molecule has 6 heteroatoms. The van der Waals surface area contributed by atoms with Crippen LogP contribution in [0.5, 0.6) is 0 Å². The predicted octanol–water partition coefficient (Wildman–Crippen LogP) is 1.55. The van der Waals surface area contributed by atoms with Crippen LogP contribution >= 0.6 is 11.6 Å². The SMILES string of the molecule is Nc1c(C(F)F)cc(=O)[nH]c1Cl. The lowest BCUT2D eigenvalue weighted by Gasteiger charge is -2.03. The number of nitrogens with two attached hydrogens (primary N) is 1. The van der Waals surface area contributed by atoms with E-state index in [0.717, 1.165) is 6.07 Å². The van der Waals surface area contributed by atoms with Gasteiger partial charge in [0.25, 0.3) is 6.43 Å². The van der Waals surface area contributed by atoms with Crippen LogP contribution in [-0.2, 0) is 0 Å². The summed E-state index contributed by atoms with van der Waals surface area (Å²) in [5, 5.41) is -0.252. The Kier molecular flexibility index (Phi) is 2.32. The van der Waals surface area contributed by atoms with Gasteiger partial charge in [0.1, 0.15) is 5.15 Å². The molecule has 0 fully saturated rings. The number of aromatic nitrogens is 1. The fourth-order valence-corrected chi connectivity index (χ4v) is 0.940. The largest absolute Gasteiger partial charge is 0.396 e. The first-order valence-corrected chi connectivity index (χ1v) is 3.36. The van der Waals surface area contributed by atoms with Crippen LogP contribution in [-0.4, -0.2) is 4.98 Å². The van der Waals surface area contributed by atoms with Crippen LogP contribution in [0.25, 0.3) is 0 Å². The third kappa shape index (κ3) is 1.55. The van der Waals surface area contributed by atoms with Crippen molar-refractivity contribution in [1.82, 2.24) is 4.98 Å². The normalized spacial score (nSPS) is 10.7. The van der Waals surface area contributed by atoms with E-state index in [1.54, 1.807) is 0 Å². The maximum atomic E-state index is 12.1. The minimum Gasteiger partial charge on any atom is -0.396 e. The van der Waals surface area contributed by atoms with Crippen molar-refractivity contribution in [3.05, 3.63) is 27.1 Å². The first-order chi connectivity index (χ1) is 5.52. The van der Waals surface area contributed by atoms with E-state index in [2.05, 4.69) is 4.98 Å². The van der Waals surface area contributed by atoms with Gasteiger partial charge in [0.05, 0.1) is 5.69 Å². The Hall–Kier alpha value is -1.10. The molecule has 66 valence electrons. The highest BCUT2D eigenvalue weighted by atomic mass is 35.5. The van der Waals surface area contributed by atoms with E-state index in [1.807, 2.05) is 0 Å². The third-order valence-electron chi connectivity index (χ3n) is 1.30. The van der Waals surface area contributed by atoms with E-state index in [-0.39, 0.29) is 10.8 Å². The fraction of sp³-hybridized carbons (Fsp3) is 0.167. The molecular formula is C6H5ClF2N2O. The zero-order chi connectivity index (χ0) is 9.30. The molecule has 0 unspecified atom stereocenters. The summed E-state index contributed by atoms with van der Waals surface area (Å²) >= 11 is 5.35. The lowest BCUT2D eigenvalue weighted by atomic mass is 10.2. The first kappa shape index (κ1) is 8.99. The number of nitrogens with one attached hydrogen (secondary N) is 1. The molecule has 0 aliphatic carbocycles. The lowest BCUT2D eigenvalue weighted by Crippen LogP contribution is -2.09. The molecular weight excluding hydrogens is 190 g/mol. The molecule has 0 aliphatic rings. The van der Waals surface area contributed by atoms with Gasteiger partial charge < -0.3 is 10.7 Å². The van der Waals surface area contributed by atoms with Gasteiger partial charge in [0.15, 0.2) is 0 Å². The summed E-state index contributed by atoms with van der Waals surface area (Å²) < 4.78 is 24.2. The number of H-pyrrole nitrogens is 1. The maximum Gasteiger partial charge on any atom is 0.266 e. The number of anilines is 1. The van der Waals surface area contributed by atoms with Crippen molar-refractivity contribution >= 4 is 17.3 Å². The van der Waals surface area contributed by atoms with E-state index in [0.29, 0.717) is 0 Å². The molecule has 0 amide bonds. The van der Waals surface area contributed by atoms with E-state index >= 15 is 0 Å². The summed E-state index contributed by atoms with van der Waals surface area (Å²) in [7, 11) is 0. The summed E-state index contributed by atoms with van der Waals surface area (Å²) in [5.41, 5.74) is 3.66. The van der Waals surface area contributed by atoms with E-state index < -0.39 is 17.5 Å². The van der Waals surface area contributed by atoms with Crippen molar-refractivity contribution < 1.29 is 8.78 Å². The van der Waals surface area contributed by atoms with Gasteiger partial charge >= 0.3 is 0 Å². The first-order valence-electron chi connectivity index (χ1n) is 2.98. The zero-order valence-corrected chi connectivity index (χ0v) is 6.53. The molecule has 1 rings (SSSR count). The van der Waals surface area contributed by atoms with Gasteiger partial charge in [-0.05, 0) is 0 Å². The van der Waals surface area contributed by atoms with Gasteiger partial charge in [0, 0.05) is 11.6 Å². The number of hydrogen-bond donors (Lipinski definition) is 2. The van der Waals surface area contributed by atoms with E-state index in [4.69, 9.17) is 17.3 Å². The number of aromatic amines is 1. The Bertz CT molecular complexity index is 350. The lowest BCUT2D eigenvalue weighted by molar-refractivity contribution is 0.152. The Balaban J connectivity index is 3.38. The molecule has 0 saturated carbocycles. The monoisotopic (exact) mass is 194 g/mol. The minimum atomic E-state index is -2.79. The summed E-state index contributed by atoms with van der Waals surface area (Å²) in [6.07, 6.45) is -2.79. The summed E-state index contributed by atoms with van der Waals surface area (Å²) in [6.45, 7) is 0. The number of hydrogen-bond acceptors (Lipinski definition) is 2. The highest BCUT2D eigenvalue weighted by Gasteiger charge is 2.14. The molecule has 1 heterocycles. The van der Waals surface area contributed by atoms with Crippen LogP contribution in [0.15, 0.2) is 10.9 Å². The second-order valence-electron chi connectivity index (χ2n) is 2.12. The van der Waals surface area contributed by atoms with E-state index in [9.17, 15) is 13.6 Å². The van der Waals surface area contributed by atoms with Crippen LogP contribution < -0.4 is 11.3 Å². The van der Waals surface area contributed by atoms with Crippen molar-refractivity contribution in [2.45, 2.75) is 6.43 Å². The van der Waals surface area contributed by atoms with Crippen LogP contribution in [0, 0.1) is 0 Å². The number of pyridine rings is 1. The van der Waals surface area contributed by atoms with Gasteiger partial charge in [-0.25, -0.2) is 8.78 Å². The number of alkyl halides is 2. The standard InChI is InChI=1S/C6H5ClF2N2O/c7-5-4(10)2(6(8)9)1-3(12)11-5/h1,6H,10H2,(H,11,12). The summed E-state index contributed by atoms with van der Waals surface area (Å²) in [4.78, 5) is 12.7. The molecule has 3 N–H and O–H groups in total. The quantitative estimate of drug-likeness (QED) is 0.667. The molecule has 0 aromatic carbocycles. The highest BCUT2D eigenvalue weighted by molar-refractivity contribution is 6.31.